The molecule has 0 unspecified atom stereocenters. The van der Waals surface area contributed by atoms with Crippen LogP contribution in [0.15, 0.2) is 12.1 Å². The Balaban J connectivity index is 2.60. The molecule has 1 aromatic carbocycles. The molecule has 1 aliphatic rings. The second-order valence-electron chi connectivity index (χ2n) is 5.26. The van der Waals surface area contributed by atoms with E-state index in [1.807, 2.05) is 0 Å². The van der Waals surface area contributed by atoms with Crippen LogP contribution in [0.1, 0.15) is 43.2 Å². The van der Waals surface area contributed by atoms with Crippen molar-refractivity contribution in [3.63, 3.8) is 0 Å². The maximum absolute atomic E-state index is 11.8. The minimum atomic E-state index is -0.922. The molecule has 0 heterocycles. The normalized spacial score (nSPS) is 18.0. The molecule has 4 nitrogen and oxygen atoms in total. The van der Waals surface area contributed by atoms with Gasteiger partial charge in [-0.25, -0.2) is 0 Å². The Morgan fingerprint density at radius 2 is 1.89 bits per heavy atom. The Kier molecular flexibility index (Phi) is 3.69. The molecule has 0 atom stereocenters. The van der Waals surface area contributed by atoms with E-state index < -0.39 is 11.4 Å². The summed E-state index contributed by atoms with van der Waals surface area (Å²) in [6, 6.07) is 3.54. The molecule has 0 amide bonds. The van der Waals surface area contributed by atoms with Crippen LogP contribution >= 0.6 is 0 Å². The van der Waals surface area contributed by atoms with E-state index in [1.165, 1.54) is 7.11 Å². The van der Waals surface area contributed by atoms with Gasteiger partial charge in [-0.1, -0.05) is 31.4 Å². The summed E-state index contributed by atoms with van der Waals surface area (Å²) in [6.07, 6.45) is 4.05. The lowest BCUT2D eigenvalue weighted by atomic mass is 9.69. The number of aliphatic carboxylic acids is 1. The molecule has 0 spiro atoms. The number of phenolic OH excluding ortho intramolecular Hbond substituents is 1. The lowest BCUT2D eigenvalue weighted by molar-refractivity contribution is -0.145. The average Bonchev–Trinajstić information content (AvgIpc) is 2.42. The molecule has 4 heteroatoms. The quantitative estimate of drug-likeness (QED) is 0.880. The molecule has 1 aromatic rings. The first-order chi connectivity index (χ1) is 9.03. The van der Waals surface area contributed by atoms with Crippen molar-refractivity contribution >= 4 is 5.97 Å². The first-order valence-electron chi connectivity index (χ1n) is 6.63. The third-order valence-corrected chi connectivity index (χ3v) is 4.17. The van der Waals surface area contributed by atoms with E-state index >= 15 is 0 Å². The number of rotatable bonds is 3. The number of methoxy groups -OCH3 is 1. The Morgan fingerprint density at radius 3 is 2.42 bits per heavy atom. The van der Waals surface area contributed by atoms with Crippen molar-refractivity contribution in [1.82, 2.24) is 0 Å². The van der Waals surface area contributed by atoms with Crippen LogP contribution in [0.5, 0.6) is 11.5 Å². The smallest absolute Gasteiger partial charge is 0.314 e. The number of aryl methyl sites for hydroxylation is 1. The van der Waals surface area contributed by atoms with E-state index in [-0.39, 0.29) is 5.75 Å². The summed E-state index contributed by atoms with van der Waals surface area (Å²) in [5, 5.41) is 19.8. The standard InChI is InChI=1S/C15H20O4/c1-10-6-7-11(13(19-2)12(10)16)15(14(17)18)8-4-3-5-9-15/h6-7,16H,3-5,8-9H2,1-2H3,(H,17,18). The second-order valence-corrected chi connectivity index (χ2v) is 5.26. The predicted molar refractivity (Wildman–Crippen MR) is 71.8 cm³/mol. The van der Waals surface area contributed by atoms with Gasteiger partial charge in [-0.05, 0) is 25.3 Å². The zero-order valence-corrected chi connectivity index (χ0v) is 11.4. The van der Waals surface area contributed by atoms with Gasteiger partial charge in [0.1, 0.15) is 0 Å². The van der Waals surface area contributed by atoms with Crippen molar-refractivity contribution in [3.05, 3.63) is 23.3 Å². The number of phenols is 1. The van der Waals surface area contributed by atoms with Gasteiger partial charge < -0.3 is 14.9 Å². The van der Waals surface area contributed by atoms with Crippen LogP contribution in [0.4, 0.5) is 0 Å². The summed E-state index contributed by atoms with van der Waals surface area (Å²) in [6.45, 7) is 1.77. The minimum absolute atomic E-state index is 0.0474. The highest BCUT2D eigenvalue weighted by molar-refractivity contribution is 5.83. The van der Waals surface area contributed by atoms with Crippen molar-refractivity contribution in [2.45, 2.75) is 44.4 Å². The molecule has 0 radical (unpaired) electrons. The summed E-state index contributed by atoms with van der Waals surface area (Å²) in [4.78, 5) is 11.8. The fourth-order valence-electron chi connectivity index (χ4n) is 3.01. The summed E-state index contributed by atoms with van der Waals surface area (Å²) in [5.41, 5.74) is 0.372. The molecule has 1 saturated carbocycles. The topological polar surface area (TPSA) is 66.8 Å². The van der Waals surface area contributed by atoms with Crippen molar-refractivity contribution in [2.24, 2.45) is 0 Å². The SMILES string of the molecule is COc1c(C2(C(=O)O)CCCCC2)ccc(C)c1O. The molecule has 19 heavy (non-hydrogen) atoms. The van der Waals surface area contributed by atoms with Crippen LogP contribution in [0.3, 0.4) is 0 Å². The Hall–Kier alpha value is -1.71. The van der Waals surface area contributed by atoms with Crippen LogP contribution in [0, 0.1) is 6.92 Å². The number of aromatic hydroxyl groups is 1. The maximum atomic E-state index is 11.8. The molecule has 2 N–H and O–H groups in total. The van der Waals surface area contributed by atoms with Gasteiger partial charge in [0.15, 0.2) is 11.5 Å². The van der Waals surface area contributed by atoms with Gasteiger partial charge in [0.05, 0.1) is 12.5 Å². The number of ether oxygens (including phenoxy) is 1. The lowest BCUT2D eigenvalue weighted by Crippen LogP contribution is -2.38. The largest absolute Gasteiger partial charge is 0.504 e. The van der Waals surface area contributed by atoms with E-state index in [4.69, 9.17) is 4.74 Å². The molecular weight excluding hydrogens is 244 g/mol. The first-order valence-corrected chi connectivity index (χ1v) is 6.63. The Bertz CT molecular complexity index is 487. The zero-order chi connectivity index (χ0) is 14.0. The highest BCUT2D eigenvalue weighted by Gasteiger charge is 2.43. The molecule has 0 saturated heterocycles. The Labute approximate surface area is 113 Å². The molecule has 0 bridgehead atoms. The van der Waals surface area contributed by atoms with Gasteiger partial charge in [-0.2, -0.15) is 0 Å². The van der Waals surface area contributed by atoms with E-state index in [1.54, 1.807) is 19.1 Å². The molecular formula is C15H20O4. The Morgan fingerprint density at radius 1 is 1.26 bits per heavy atom. The average molecular weight is 264 g/mol. The fraction of sp³-hybridized carbons (Fsp3) is 0.533. The van der Waals surface area contributed by atoms with Crippen LogP contribution in [-0.2, 0) is 10.2 Å². The van der Waals surface area contributed by atoms with Crippen LogP contribution in [0.2, 0.25) is 0 Å². The van der Waals surface area contributed by atoms with Crippen molar-refractivity contribution in [2.75, 3.05) is 7.11 Å². The van der Waals surface area contributed by atoms with Gasteiger partial charge in [0, 0.05) is 5.56 Å². The molecule has 1 fully saturated rings. The summed E-state index contributed by atoms with van der Waals surface area (Å²) < 4.78 is 5.27. The summed E-state index contributed by atoms with van der Waals surface area (Å²) in [5.74, 6) is -0.468. The number of carbonyl (C=O) groups is 1. The number of carboxylic acids is 1. The van der Waals surface area contributed by atoms with E-state index in [0.717, 1.165) is 19.3 Å². The second kappa shape index (κ2) is 5.11. The van der Waals surface area contributed by atoms with Crippen molar-refractivity contribution < 1.29 is 19.7 Å². The van der Waals surface area contributed by atoms with Gasteiger partial charge in [0.2, 0.25) is 0 Å². The predicted octanol–water partition coefficient (Wildman–Crippen LogP) is 3.00. The molecule has 1 aliphatic carbocycles. The van der Waals surface area contributed by atoms with E-state index in [0.29, 0.717) is 29.7 Å². The van der Waals surface area contributed by atoms with Gasteiger partial charge in [0.25, 0.3) is 0 Å². The number of hydrogen-bond acceptors (Lipinski definition) is 3. The third kappa shape index (κ3) is 2.15. The van der Waals surface area contributed by atoms with Gasteiger partial charge in [-0.15, -0.1) is 0 Å². The lowest BCUT2D eigenvalue weighted by Gasteiger charge is -2.34. The van der Waals surface area contributed by atoms with Crippen LogP contribution in [-0.4, -0.2) is 23.3 Å². The van der Waals surface area contributed by atoms with Gasteiger partial charge in [-0.3, -0.25) is 4.79 Å². The molecule has 104 valence electrons. The fourth-order valence-corrected chi connectivity index (χ4v) is 3.01. The number of benzene rings is 1. The van der Waals surface area contributed by atoms with Crippen molar-refractivity contribution in [3.8, 4) is 11.5 Å². The van der Waals surface area contributed by atoms with Crippen molar-refractivity contribution in [1.29, 1.82) is 0 Å². The zero-order valence-electron chi connectivity index (χ0n) is 11.4. The van der Waals surface area contributed by atoms with E-state index in [9.17, 15) is 15.0 Å². The van der Waals surface area contributed by atoms with E-state index in [2.05, 4.69) is 0 Å². The molecule has 2 rings (SSSR count). The molecule has 0 aliphatic heterocycles. The number of carboxylic acid groups (broad SMARTS) is 1. The third-order valence-electron chi connectivity index (χ3n) is 4.17. The number of hydrogen-bond donors (Lipinski definition) is 2. The molecule has 0 aromatic heterocycles. The van der Waals surface area contributed by atoms with Crippen LogP contribution in [0.25, 0.3) is 0 Å². The van der Waals surface area contributed by atoms with Gasteiger partial charge >= 0.3 is 5.97 Å². The first kappa shape index (κ1) is 13.7. The van der Waals surface area contributed by atoms with Crippen LogP contribution < -0.4 is 4.74 Å². The maximum Gasteiger partial charge on any atom is 0.314 e. The minimum Gasteiger partial charge on any atom is -0.504 e. The summed E-state index contributed by atoms with van der Waals surface area (Å²) in [7, 11) is 1.47. The highest BCUT2D eigenvalue weighted by atomic mass is 16.5. The highest BCUT2D eigenvalue weighted by Crippen LogP contribution is 2.47. The summed E-state index contributed by atoms with van der Waals surface area (Å²) >= 11 is 0. The monoisotopic (exact) mass is 264 g/mol.